The molecular weight excluding hydrogens is 757 g/mol. The smallest absolute Gasteiger partial charge is 0.306 e. The van der Waals surface area contributed by atoms with E-state index >= 15 is 0 Å². The molecule has 0 aliphatic carbocycles. The molecule has 0 saturated heterocycles. The third-order valence-electron chi connectivity index (χ3n) is 12.3. The average Bonchev–Trinajstić information content (AvgIpc) is 3.26. The summed E-state index contributed by atoms with van der Waals surface area (Å²) in [6.07, 6.45) is 56.2. The number of rotatable bonds is 50. The Morgan fingerprint density at radius 3 is 0.820 bits per heavy atom. The second-order valence-electron chi connectivity index (χ2n) is 18.5. The molecule has 0 saturated carbocycles. The van der Waals surface area contributed by atoms with Crippen LogP contribution < -0.4 is 0 Å². The lowest BCUT2D eigenvalue weighted by atomic mass is 10.0. The van der Waals surface area contributed by atoms with Crippen molar-refractivity contribution < 1.29 is 28.6 Å². The van der Waals surface area contributed by atoms with Crippen LogP contribution in [0, 0.1) is 0 Å². The van der Waals surface area contributed by atoms with Gasteiger partial charge in [-0.2, -0.15) is 0 Å². The second kappa shape index (κ2) is 50.8. The Kier molecular flexibility index (Phi) is 49.3. The van der Waals surface area contributed by atoms with Crippen LogP contribution in [0.15, 0.2) is 12.2 Å². The van der Waals surface area contributed by atoms with Crippen LogP contribution >= 0.6 is 0 Å². The van der Waals surface area contributed by atoms with Crippen molar-refractivity contribution in [2.24, 2.45) is 0 Å². The third-order valence-corrected chi connectivity index (χ3v) is 12.3. The Hall–Kier alpha value is -1.85. The number of esters is 3. The number of carbonyl (C=O) groups excluding carboxylic acids is 3. The lowest BCUT2D eigenvalue weighted by molar-refractivity contribution is -0.167. The lowest BCUT2D eigenvalue weighted by Gasteiger charge is -2.18. The summed E-state index contributed by atoms with van der Waals surface area (Å²) in [5.41, 5.74) is 0. The van der Waals surface area contributed by atoms with Crippen LogP contribution in [0.5, 0.6) is 0 Å². The van der Waals surface area contributed by atoms with Gasteiger partial charge in [-0.05, 0) is 44.9 Å². The van der Waals surface area contributed by atoms with Gasteiger partial charge in [-0.25, -0.2) is 0 Å². The number of carbonyl (C=O) groups is 3. The standard InChI is InChI=1S/C55H104O6/c1-4-7-10-13-16-19-22-24-26-27-29-31-34-36-39-42-45-48-54(57)60-51-52(61-55(58)49-46-43-40-37-32-21-18-15-12-9-6-3)50-59-53(56)47-44-41-38-35-33-30-28-25-23-20-17-14-11-8-5-2/h24,26,52H,4-23,25,27-51H2,1-3H3/b26-24-/t52-/m0/s1. The van der Waals surface area contributed by atoms with Crippen LogP contribution in [0.1, 0.15) is 303 Å². The summed E-state index contributed by atoms with van der Waals surface area (Å²) in [6.45, 7) is 6.67. The first-order valence-electron chi connectivity index (χ1n) is 27.2. The van der Waals surface area contributed by atoms with Crippen molar-refractivity contribution >= 4 is 17.9 Å². The van der Waals surface area contributed by atoms with Gasteiger partial charge in [-0.1, -0.05) is 251 Å². The van der Waals surface area contributed by atoms with Gasteiger partial charge in [0, 0.05) is 19.3 Å². The van der Waals surface area contributed by atoms with E-state index in [0.29, 0.717) is 19.3 Å². The first-order chi connectivity index (χ1) is 30.0. The highest BCUT2D eigenvalue weighted by Crippen LogP contribution is 2.16. The zero-order valence-corrected chi connectivity index (χ0v) is 41.2. The maximum atomic E-state index is 12.8. The summed E-state index contributed by atoms with van der Waals surface area (Å²) >= 11 is 0. The van der Waals surface area contributed by atoms with Gasteiger partial charge < -0.3 is 14.2 Å². The predicted octanol–water partition coefficient (Wildman–Crippen LogP) is 17.8. The van der Waals surface area contributed by atoms with Crippen molar-refractivity contribution in [1.29, 1.82) is 0 Å². The molecule has 0 amide bonds. The largest absolute Gasteiger partial charge is 0.462 e. The van der Waals surface area contributed by atoms with E-state index in [2.05, 4.69) is 32.9 Å². The van der Waals surface area contributed by atoms with Crippen LogP contribution in [0.4, 0.5) is 0 Å². The molecule has 360 valence electrons. The van der Waals surface area contributed by atoms with Crippen molar-refractivity contribution in [2.75, 3.05) is 13.2 Å². The Morgan fingerprint density at radius 2 is 0.541 bits per heavy atom. The molecule has 0 aliphatic rings. The van der Waals surface area contributed by atoms with Crippen LogP contribution in [-0.2, 0) is 28.6 Å². The summed E-state index contributed by atoms with van der Waals surface area (Å²) < 4.78 is 16.8. The molecule has 0 spiro atoms. The van der Waals surface area contributed by atoms with E-state index < -0.39 is 6.10 Å². The van der Waals surface area contributed by atoms with Gasteiger partial charge in [0.15, 0.2) is 6.10 Å². The van der Waals surface area contributed by atoms with Gasteiger partial charge in [-0.3, -0.25) is 14.4 Å². The van der Waals surface area contributed by atoms with Gasteiger partial charge in [-0.15, -0.1) is 0 Å². The fourth-order valence-electron chi connectivity index (χ4n) is 8.14. The zero-order chi connectivity index (χ0) is 44.4. The molecule has 6 heteroatoms. The molecule has 0 aromatic carbocycles. The summed E-state index contributed by atoms with van der Waals surface area (Å²) in [4.78, 5) is 38.0. The first kappa shape index (κ1) is 59.1. The lowest BCUT2D eigenvalue weighted by Crippen LogP contribution is -2.30. The van der Waals surface area contributed by atoms with Crippen molar-refractivity contribution in [3.05, 3.63) is 12.2 Å². The molecule has 0 heterocycles. The molecule has 0 fully saturated rings. The molecule has 0 aromatic heterocycles. The maximum absolute atomic E-state index is 12.8. The average molecular weight is 861 g/mol. The van der Waals surface area contributed by atoms with Crippen LogP contribution in [0.3, 0.4) is 0 Å². The highest BCUT2D eigenvalue weighted by atomic mass is 16.6. The molecule has 6 nitrogen and oxygen atoms in total. The van der Waals surface area contributed by atoms with E-state index in [1.165, 1.54) is 205 Å². The third kappa shape index (κ3) is 49.0. The van der Waals surface area contributed by atoms with Crippen LogP contribution in [-0.4, -0.2) is 37.2 Å². The van der Waals surface area contributed by atoms with Gasteiger partial charge in [0.1, 0.15) is 13.2 Å². The minimum absolute atomic E-state index is 0.0657. The van der Waals surface area contributed by atoms with Gasteiger partial charge in [0.25, 0.3) is 0 Å². The number of allylic oxidation sites excluding steroid dienone is 2. The summed E-state index contributed by atoms with van der Waals surface area (Å²) in [6, 6.07) is 0. The predicted molar refractivity (Wildman–Crippen MR) is 261 cm³/mol. The van der Waals surface area contributed by atoms with E-state index in [1.807, 2.05) is 0 Å². The monoisotopic (exact) mass is 861 g/mol. The first-order valence-corrected chi connectivity index (χ1v) is 27.2. The Balaban J connectivity index is 4.28. The van der Waals surface area contributed by atoms with E-state index in [4.69, 9.17) is 14.2 Å². The SMILES string of the molecule is CCCCCCCC/C=C\CCCCCCCCCC(=O)OC[C@H](COC(=O)CCCCCCCCCCCCCCCCC)OC(=O)CCCCCCCCCCCCC. The molecule has 0 rings (SSSR count). The highest BCUT2D eigenvalue weighted by Gasteiger charge is 2.19. The van der Waals surface area contributed by atoms with E-state index in [-0.39, 0.29) is 31.1 Å². The fourth-order valence-corrected chi connectivity index (χ4v) is 8.14. The van der Waals surface area contributed by atoms with Crippen molar-refractivity contribution in [2.45, 2.75) is 309 Å². The Bertz CT molecular complexity index is 947. The minimum atomic E-state index is -0.764. The van der Waals surface area contributed by atoms with Crippen molar-refractivity contribution in [3.63, 3.8) is 0 Å². The fraction of sp³-hybridized carbons (Fsp3) is 0.909. The Morgan fingerprint density at radius 1 is 0.311 bits per heavy atom. The van der Waals surface area contributed by atoms with E-state index in [0.717, 1.165) is 57.8 Å². The zero-order valence-electron chi connectivity index (χ0n) is 41.2. The number of hydrogen-bond donors (Lipinski definition) is 0. The molecule has 1 atom stereocenters. The molecule has 0 bridgehead atoms. The number of unbranched alkanes of at least 4 members (excludes halogenated alkanes) is 37. The van der Waals surface area contributed by atoms with Gasteiger partial charge >= 0.3 is 17.9 Å². The van der Waals surface area contributed by atoms with E-state index in [1.54, 1.807) is 0 Å². The van der Waals surface area contributed by atoms with E-state index in [9.17, 15) is 14.4 Å². The highest BCUT2D eigenvalue weighted by molar-refractivity contribution is 5.71. The van der Waals surface area contributed by atoms with Crippen LogP contribution in [0.25, 0.3) is 0 Å². The molecule has 0 radical (unpaired) electrons. The molecule has 0 unspecified atom stereocenters. The van der Waals surface area contributed by atoms with Crippen LogP contribution in [0.2, 0.25) is 0 Å². The van der Waals surface area contributed by atoms with Gasteiger partial charge in [0.2, 0.25) is 0 Å². The number of hydrogen-bond acceptors (Lipinski definition) is 6. The van der Waals surface area contributed by atoms with Crippen molar-refractivity contribution in [1.82, 2.24) is 0 Å². The molecule has 0 aromatic rings. The summed E-state index contributed by atoms with van der Waals surface area (Å²) in [7, 11) is 0. The minimum Gasteiger partial charge on any atom is -0.462 e. The summed E-state index contributed by atoms with van der Waals surface area (Å²) in [5.74, 6) is -0.852. The molecular formula is C55H104O6. The molecule has 61 heavy (non-hydrogen) atoms. The summed E-state index contributed by atoms with van der Waals surface area (Å²) in [5, 5.41) is 0. The normalized spacial score (nSPS) is 12.0. The second-order valence-corrected chi connectivity index (χ2v) is 18.5. The number of ether oxygens (including phenoxy) is 3. The maximum Gasteiger partial charge on any atom is 0.306 e. The quantitative estimate of drug-likeness (QED) is 0.0262. The molecule has 0 N–H and O–H groups in total. The topological polar surface area (TPSA) is 78.9 Å². The Labute approximate surface area is 380 Å². The van der Waals surface area contributed by atoms with Crippen molar-refractivity contribution in [3.8, 4) is 0 Å². The van der Waals surface area contributed by atoms with Gasteiger partial charge in [0.05, 0.1) is 0 Å². The molecule has 0 aliphatic heterocycles.